The Morgan fingerprint density at radius 1 is 1.67 bits per heavy atom. The average molecular weight is 162 g/mol. The summed E-state index contributed by atoms with van der Waals surface area (Å²) in [5, 5.41) is 0. The summed E-state index contributed by atoms with van der Waals surface area (Å²) in [4.78, 5) is 16.4. The highest BCUT2D eigenvalue weighted by Crippen LogP contribution is 2.25. The fourth-order valence-corrected chi connectivity index (χ4v) is 1.58. The molecule has 2 heterocycles. The molecule has 0 N–H and O–H groups in total. The van der Waals surface area contributed by atoms with Gasteiger partial charge in [0.05, 0.1) is 6.54 Å². The van der Waals surface area contributed by atoms with E-state index in [4.69, 9.17) is 0 Å². The molecule has 0 bridgehead atoms. The summed E-state index contributed by atoms with van der Waals surface area (Å²) in [6, 6.07) is 1.96. The summed E-state index contributed by atoms with van der Waals surface area (Å²) in [5.74, 6) is 0. The van der Waals surface area contributed by atoms with E-state index in [1.54, 1.807) is 6.20 Å². The van der Waals surface area contributed by atoms with Gasteiger partial charge < -0.3 is 9.69 Å². The predicted molar refractivity (Wildman–Crippen MR) is 46.2 cm³/mol. The van der Waals surface area contributed by atoms with Crippen LogP contribution < -0.4 is 4.90 Å². The van der Waals surface area contributed by atoms with Crippen molar-refractivity contribution in [3.05, 3.63) is 24.0 Å². The van der Waals surface area contributed by atoms with Crippen molar-refractivity contribution < 1.29 is 4.79 Å². The van der Waals surface area contributed by atoms with Crippen LogP contribution in [0.4, 0.5) is 5.69 Å². The van der Waals surface area contributed by atoms with E-state index in [1.165, 1.54) is 5.56 Å². The number of pyridine rings is 1. The van der Waals surface area contributed by atoms with E-state index in [-0.39, 0.29) is 0 Å². The van der Waals surface area contributed by atoms with Crippen molar-refractivity contribution >= 4 is 12.0 Å². The third kappa shape index (κ3) is 1.07. The van der Waals surface area contributed by atoms with Crippen LogP contribution in [0.1, 0.15) is 5.56 Å². The number of anilines is 1. The van der Waals surface area contributed by atoms with Gasteiger partial charge in [-0.15, -0.1) is 0 Å². The molecule has 0 atom stereocenters. The Morgan fingerprint density at radius 2 is 2.58 bits per heavy atom. The maximum Gasteiger partial charge on any atom is 0.139 e. The van der Waals surface area contributed by atoms with E-state index < -0.39 is 0 Å². The van der Waals surface area contributed by atoms with E-state index in [9.17, 15) is 4.79 Å². The molecular formula is C9H10N2O. The summed E-state index contributed by atoms with van der Waals surface area (Å²) < 4.78 is 0. The number of nitrogens with zero attached hydrogens (tertiary/aromatic N) is 2. The van der Waals surface area contributed by atoms with Crippen LogP contribution in [0.25, 0.3) is 0 Å². The van der Waals surface area contributed by atoms with E-state index in [0.29, 0.717) is 6.54 Å². The lowest BCUT2D eigenvalue weighted by Gasteiger charge is -2.14. The van der Waals surface area contributed by atoms with Crippen LogP contribution in [0.3, 0.4) is 0 Å². The van der Waals surface area contributed by atoms with Crippen LogP contribution in [0.2, 0.25) is 0 Å². The number of aldehydes is 1. The maximum atomic E-state index is 10.3. The molecule has 1 aliphatic heterocycles. The predicted octanol–water partition coefficient (Wildman–Crippen LogP) is 0.643. The van der Waals surface area contributed by atoms with Gasteiger partial charge in [-0.3, -0.25) is 4.98 Å². The smallest absolute Gasteiger partial charge is 0.139 e. The third-order valence-electron chi connectivity index (χ3n) is 2.16. The van der Waals surface area contributed by atoms with Crippen molar-refractivity contribution in [3.63, 3.8) is 0 Å². The highest BCUT2D eigenvalue weighted by atomic mass is 16.1. The molecule has 3 heteroatoms. The van der Waals surface area contributed by atoms with Gasteiger partial charge in [0.1, 0.15) is 6.29 Å². The van der Waals surface area contributed by atoms with Crippen molar-refractivity contribution in [2.45, 2.75) is 6.42 Å². The maximum absolute atomic E-state index is 10.3. The number of carbonyl (C=O) groups excluding carboxylic acids is 1. The number of hydrogen-bond donors (Lipinski definition) is 0. The Bertz CT molecular complexity index is 298. The monoisotopic (exact) mass is 162 g/mol. The Hall–Kier alpha value is -1.38. The molecule has 0 saturated heterocycles. The molecule has 62 valence electrons. The van der Waals surface area contributed by atoms with Gasteiger partial charge in [0.2, 0.25) is 0 Å². The first-order valence-corrected chi connectivity index (χ1v) is 4.03. The summed E-state index contributed by atoms with van der Waals surface area (Å²) >= 11 is 0. The minimum atomic E-state index is 0.497. The van der Waals surface area contributed by atoms with Crippen LogP contribution in [-0.4, -0.2) is 24.4 Å². The van der Waals surface area contributed by atoms with Gasteiger partial charge in [0.15, 0.2) is 0 Å². The second-order valence-electron chi connectivity index (χ2n) is 2.87. The van der Waals surface area contributed by atoms with Crippen LogP contribution in [0, 0.1) is 0 Å². The first-order valence-electron chi connectivity index (χ1n) is 4.03. The quantitative estimate of drug-likeness (QED) is 0.598. The van der Waals surface area contributed by atoms with Crippen molar-refractivity contribution in [1.82, 2.24) is 4.98 Å². The highest BCUT2D eigenvalue weighted by Gasteiger charge is 2.17. The molecule has 2 rings (SSSR count). The topological polar surface area (TPSA) is 33.2 Å². The van der Waals surface area contributed by atoms with E-state index in [1.807, 2.05) is 12.3 Å². The SMILES string of the molecule is O=CCN1CCc2cnccc21. The van der Waals surface area contributed by atoms with Crippen LogP contribution in [-0.2, 0) is 11.2 Å². The van der Waals surface area contributed by atoms with Gasteiger partial charge in [0.25, 0.3) is 0 Å². The zero-order valence-electron chi connectivity index (χ0n) is 6.73. The van der Waals surface area contributed by atoms with Gasteiger partial charge in [-0.1, -0.05) is 0 Å². The summed E-state index contributed by atoms with van der Waals surface area (Å²) in [5.41, 5.74) is 2.41. The largest absolute Gasteiger partial charge is 0.364 e. The van der Waals surface area contributed by atoms with Gasteiger partial charge in [-0.2, -0.15) is 0 Å². The number of hydrogen-bond acceptors (Lipinski definition) is 3. The van der Waals surface area contributed by atoms with Crippen molar-refractivity contribution in [2.24, 2.45) is 0 Å². The van der Waals surface area contributed by atoms with Crippen molar-refractivity contribution in [2.75, 3.05) is 18.0 Å². The first-order chi connectivity index (χ1) is 5.92. The molecule has 0 aliphatic carbocycles. The second kappa shape index (κ2) is 2.93. The minimum absolute atomic E-state index is 0.497. The van der Waals surface area contributed by atoms with Gasteiger partial charge in [-0.05, 0) is 18.1 Å². The molecule has 1 aliphatic rings. The summed E-state index contributed by atoms with van der Waals surface area (Å²) in [7, 11) is 0. The second-order valence-corrected chi connectivity index (χ2v) is 2.87. The number of aromatic nitrogens is 1. The Balaban J connectivity index is 2.29. The lowest BCUT2D eigenvalue weighted by molar-refractivity contribution is -0.106. The van der Waals surface area contributed by atoms with Crippen LogP contribution in [0.5, 0.6) is 0 Å². The number of rotatable bonds is 2. The normalized spacial score (nSPS) is 14.5. The molecule has 3 nitrogen and oxygen atoms in total. The third-order valence-corrected chi connectivity index (χ3v) is 2.16. The van der Waals surface area contributed by atoms with Crippen LogP contribution >= 0.6 is 0 Å². The Labute approximate surface area is 71.0 Å². The fourth-order valence-electron chi connectivity index (χ4n) is 1.58. The molecule has 12 heavy (non-hydrogen) atoms. The van der Waals surface area contributed by atoms with E-state index >= 15 is 0 Å². The average Bonchev–Trinajstić information content (AvgIpc) is 2.50. The van der Waals surface area contributed by atoms with Gasteiger partial charge in [0, 0.05) is 24.6 Å². The summed E-state index contributed by atoms with van der Waals surface area (Å²) in [6.45, 7) is 1.44. The molecule has 0 amide bonds. The number of carbonyl (C=O) groups is 1. The molecule has 0 spiro atoms. The van der Waals surface area contributed by atoms with Gasteiger partial charge in [-0.25, -0.2) is 0 Å². The Kier molecular flexibility index (Phi) is 1.78. The van der Waals surface area contributed by atoms with Crippen LogP contribution in [0.15, 0.2) is 18.5 Å². The molecular weight excluding hydrogens is 152 g/mol. The molecule has 0 saturated carbocycles. The first kappa shape index (κ1) is 7.28. The number of fused-ring (bicyclic) bond motifs is 1. The molecule has 1 aromatic rings. The molecule has 0 radical (unpaired) electrons. The van der Waals surface area contributed by atoms with Gasteiger partial charge >= 0.3 is 0 Å². The lowest BCUT2D eigenvalue weighted by Crippen LogP contribution is -2.22. The zero-order chi connectivity index (χ0) is 8.39. The molecule has 0 aromatic carbocycles. The summed E-state index contributed by atoms with van der Waals surface area (Å²) in [6.07, 6.45) is 5.59. The standard InChI is InChI=1S/C9H10N2O/c12-6-5-11-4-2-8-7-10-3-1-9(8)11/h1,3,6-7H,2,4-5H2. The van der Waals surface area contributed by atoms with Crippen molar-refractivity contribution in [1.29, 1.82) is 0 Å². The van der Waals surface area contributed by atoms with Crippen molar-refractivity contribution in [3.8, 4) is 0 Å². The molecule has 0 unspecified atom stereocenters. The zero-order valence-corrected chi connectivity index (χ0v) is 6.73. The minimum Gasteiger partial charge on any atom is -0.364 e. The fraction of sp³-hybridized carbons (Fsp3) is 0.333. The molecule has 1 aromatic heterocycles. The highest BCUT2D eigenvalue weighted by molar-refractivity contribution is 5.65. The Morgan fingerprint density at radius 3 is 3.42 bits per heavy atom. The lowest BCUT2D eigenvalue weighted by atomic mass is 10.2. The van der Waals surface area contributed by atoms with E-state index in [0.717, 1.165) is 24.9 Å². The van der Waals surface area contributed by atoms with E-state index in [2.05, 4.69) is 9.88 Å². The molecule has 0 fully saturated rings.